The summed E-state index contributed by atoms with van der Waals surface area (Å²) in [6.07, 6.45) is -5.74. The number of nitrogens with zero attached hydrogens (tertiary/aromatic N) is 3. The van der Waals surface area contributed by atoms with Crippen molar-refractivity contribution in [1.82, 2.24) is 14.9 Å². The number of hydrogen-bond donors (Lipinski definition) is 3. The number of amidine groups is 1. The SMILES string of the molecule is COc1cc2c(cc1C(=O)Nc1cccc(C(=N)N(N)C(C)C)n1)CN(C(=O)OCC(F)(F)F)C2. The lowest BCUT2D eigenvalue weighted by Gasteiger charge is -2.23. The molecule has 1 aromatic heterocycles. The Hall–Kier alpha value is -3.87. The Balaban J connectivity index is 1.76. The molecule has 188 valence electrons. The largest absolute Gasteiger partial charge is 0.496 e. The third kappa shape index (κ3) is 6.18. The maximum Gasteiger partial charge on any atom is 0.422 e. The highest BCUT2D eigenvalue weighted by atomic mass is 19.4. The van der Waals surface area contributed by atoms with Crippen molar-refractivity contribution in [2.75, 3.05) is 19.0 Å². The van der Waals surface area contributed by atoms with Crippen molar-refractivity contribution in [3.05, 3.63) is 52.7 Å². The Morgan fingerprint density at radius 3 is 2.51 bits per heavy atom. The number of rotatable bonds is 6. The molecule has 0 spiro atoms. The molecule has 0 fully saturated rings. The Morgan fingerprint density at radius 2 is 1.91 bits per heavy atom. The van der Waals surface area contributed by atoms with Crippen LogP contribution in [-0.4, -0.2) is 58.7 Å². The van der Waals surface area contributed by atoms with Gasteiger partial charge in [0.15, 0.2) is 12.4 Å². The van der Waals surface area contributed by atoms with E-state index in [1.165, 1.54) is 18.2 Å². The third-order valence-corrected chi connectivity index (χ3v) is 5.15. The van der Waals surface area contributed by atoms with Crippen LogP contribution in [0.15, 0.2) is 30.3 Å². The van der Waals surface area contributed by atoms with Crippen LogP contribution in [0.5, 0.6) is 5.75 Å². The number of carbonyl (C=O) groups excluding carboxylic acids is 2. The first-order valence-corrected chi connectivity index (χ1v) is 10.5. The highest BCUT2D eigenvalue weighted by molar-refractivity contribution is 6.06. The zero-order valence-corrected chi connectivity index (χ0v) is 19.3. The van der Waals surface area contributed by atoms with Crippen LogP contribution in [0.2, 0.25) is 0 Å². The Kier molecular flexibility index (Phi) is 7.48. The highest BCUT2D eigenvalue weighted by Crippen LogP contribution is 2.31. The maximum atomic E-state index is 13.0. The summed E-state index contributed by atoms with van der Waals surface area (Å²) in [5.74, 6) is 5.67. The molecule has 2 aromatic rings. The first kappa shape index (κ1) is 25.7. The van der Waals surface area contributed by atoms with E-state index in [0.29, 0.717) is 11.1 Å². The molecular formula is C22H25F3N6O4. The van der Waals surface area contributed by atoms with Gasteiger partial charge in [0.25, 0.3) is 5.91 Å². The molecule has 0 aliphatic carbocycles. The second-order valence-electron chi connectivity index (χ2n) is 8.06. The summed E-state index contributed by atoms with van der Waals surface area (Å²) in [4.78, 5) is 30.4. The Bertz CT molecular complexity index is 1140. The monoisotopic (exact) mass is 494 g/mol. The van der Waals surface area contributed by atoms with E-state index in [1.807, 2.05) is 13.8 Å². The molecule has 0 atom stereocenters. The number of benzene rings is 1. The number of amides is 2. The van der Waals surface area contributed by atoms with Crippen molar-refractivity contribution >= 4 is 23.7 Å². The van der Waals surface area contributed by atoms with Gasteiger partial charge in [0.2, 0.25) is 0 Å². The molecule has 0 saturated carbocycles. The first-order chi connectivity index (χ1) is 16.4. The van der Waals surface area contributed by atoms with Crippen LogP contribution in [-0.2, 0) is 17.8 Å². The molecule has 1 aliphatic heterocycles. The molecular weight excluding hydrogens is 469 g/mol. The fourth-order valence-electron chi connectivity index (χ4n) is 3.35. The molecule has 3 rings (SSSR count). The second kappa shape index (κ2) is 10.2. The molecule has 1 aliphatic rings. The summed E-state index contributed by atoms with van der Waals surface area (Å²) in [5.41, 5.74) is 1.58. The van der Waals surface area contributed by atoms with Crippen LogP contribution < -0.4 is 15.9 Å². The van der Waals surface area contributed by atoms with Crippen molar-refractivity contribution in [3.8, 4) is 5.75 Å². The van der Waals surface area contributed by atoms with Gasteiger partial charge in [-0.25, -0.2) is 15.6 Å². The summed E-state index contributed by atoms with van der Waals surface area (Å²) in [6.45, 7) is 1.94. The van der Waals surface area contributed by atoms with Crippen molar-refractivity contribution < 1.29 is 32.2 Å². The number of carbonyl (C=O) groups is 2. The number of methoxy groups -OCH3 is 1. The van der Waals surface area contributed by atoms with Gasteiger partial charge in [-0.15, -0.1) is 0 Å². The van der Waals surface area contributed by atoms with Gasteiger partial charge in [-0.3, -0.25) is 20.1 Å². The third-order valence-electron chi connectivity index (χ3n) is 5.15. The fourth-order valence-corrected chi connectivity index (χ4v) is 3.35. The molecule has 4 N–H and O–H groups in total. The quantitative estimate of drug-likeness (QED) is 0.243. The van der Waals surface area contributed by atoms with E-state index in [-0.39, 0.29) is 47.8 Å². The van der Waals surface area contributed by atoms with Gasteiger partial charge in [0.1, 0.15) is 17.3 Å². The van der Waals surface area contributed by atoms with Gasteiger partial charge >= 0.3 is 12.3 Å². The highest BCUT2D eigenvalue weighted by Gasteiger charge is 2.33. The topological polar surface area (TPSA) is 134 Å². The molecule has 0 unspecified atom stereocenters. The van der Waals surface area contributed by atoms with E-state index >= 15 is 0 Å². The van der Waals surface area contributed by atoms with E-state index in [1.54, 1.807) is 24.3 Å². The van der Waals surface area contributed by atoms with Crippen LogP contribution in [0.1, 0.15) is 41.0 Å². The summed E-state index contributed by atoms with van der Waals surface area (Å²) < 4.78 is 46.7. The smallest absolute Gasteiger partial charge is 0.422 e. The normalized spacial score (nSPS) is 12.9. The number of hydrazine groups is 1. The van der Waals surface area contributed by atoms with Crippen molar-refractivity contribution in [2.24, 2.45) is 5.84 Å². The average Bonchev–Trinajstić information content (AvgIpc) is 3.23. The van der Waals surface area contributed by atoms with Gasteiger partial charge in [-0.1, -0.05) is 6.07 Å². The van der Waals surface area contributed by atoms with E-state index in [9.17, 15) is 22.8 Å². The zero-order valence-electron chi connectivity index (χ0n) is 19.3. The summed E-state index contributed by atoms with van der Waals surface area (Å²) in [5, 5.41) is 12.1. The Morgan fingerprint density at radius 1 is 1.26 bits per heavy atom. The number of pyridine rings is 1. The second-order valence-corrected chi connectivity index (χ2v) is 8.06. The van der Waals surface area contributed by atoms with Crippen molar-refractivity contribution in [3.63, 3.8) is 0 Å². The van der Waals surface area contributed by atoms with E-state index in [2.05, 4.69) is 15.0 Å². The Labute approximate surface area is 199 Å². The number of alkyl halides is 3. The van der Waals surface area contributed by atoms with E-state index in [4.69, 9.17) is 16.0 Å². The summed E-state index contributed by atoms with van der Waals surface area (Å²) in [6, 6.07) is 7.67. The maximum absolute atomic E-state index is 13.0. The van der Waals surface area contributed by atoms with Crippen LogP contribution >= 0.6 is 0 Å². The number of ether oxygens (including phenoxy) is 2. The number of nitrogens with two attached hydrogens (primary N) is 1. The number of nitrogens with one attached hydrogen (secondary N) is 2. The van der Waals surface area contributed by atoms with Gasteiger partial charge in [-0.05, 0) is 49.2 Å². The lowest BCUT2D eigenvalue weighted by atomic mass is 10.0. The summed E-state index contributed by atoms with van der Waals surface area (Å²) >= 11 is 0. The standard InChI is InChI=1S/C22H25F3N6O4/c1-12(2)31(27)19(26)16-5-4-6-18(28-16)29-20(32)15-7-13-9-30(10-14(13)8-17(15)34-3)21(33)35-11-22(23,24)25/h4-8,12,26H,9-11,27H2,1-3H3,(H,28,29,32). The van der Waals surface area contributed by atoms with Crippen LogP contribution in [0.25, 0.3) is 0 Å². The van der Waals surface area contributed by atoms with Gasteiger partial charge in [-0.2, -0.15) is 13.2 Å². The number of hydrogen-bond acceptors (Lipinski definition) is 7. The molecule has 2 heterocycles. The van der Waals surface area contributed by atoms with Crippen LogP contribution in [0.3, 0.4) is 0 Å². The first-order valence-electron chi connectivity index (χ1n) is 10.5. The molecule has 13 heteroatoms. The lowest BCUT2D eigenvalue weighted by molar-refractivity contribution is -0.162. The molecule has 35 heavy (non-hydrogen) atoms. The van der Waals surface area contributed by atoms with Gasteiger partial charge in [0.05, 0.1) is 12.7 Å². The average molecular weight is 494 g/mol. The number of halogens is 3. The lowest BCUT2D eigenvalue weighted by Crippen LogP contribution is -2.43. The predicted molar refractivity (Wildman–Crippen MR) is 120 cm³/mol. The minimum atomic E-state index is -4.63. The van der Waals surface area contributed by atoms with Crippen LogP contribution in [0.4, 0.5) is 23.8 Å². The fraction of sp³-hybridized carbons (Fsp3) is 0.364. The predicted octanol–water partition coefficient (Wildman–Crippen LogP) is 3.27. The minimum absolute atomic E-state index is 0.0153. The zero-order chi connectivity index (χ0) is 25.9. The molecule has 0 saturated heterocycles. The molecule has 10 nitrogen and oxygen atoms in total. The van der Waals surface area contributed by atoms with Gasteiger partial charge in [0, 0.05) is 19.1 Å². The molecule has 1 aromatic carbocycles. The molecule has 2 amide bonds. The van der Waals surface area contributed by atoms with Crippen molar-refractivity contribution in [2.45, 2.75) is 39.2 Å². The number of aromatic nitrogens is 1. The van der Waals surface area contributed by atoms with Gasteiger partial charge < -0.3 is 14.8 Å². The summed E-state index contributed by atoms with van der Waals surface area (Å²) in [7, 11) is 1.37. The van der Waals surface area contributed by atoms with Crippen molar-refractivity contribution in [1.29, 1.82) is 5.41 Å². The van der Waals surface area contributed by atoms with E-state index < -0.39 is 24.8 Å². The van der Waals surface area contributed by atoms with Crippen LogP contribution in [0, 0.1) is 5.41 Å². The number of fused-ring (bicyclic) bond motifs is 1. The van der Waals surface area contributed by atoms with E-state index in [0.717, 1.165) is 4.90 Å². The minimum Gasteiger partial charge on any atom is -0.496 e. The molecule has 0 bridgehead atoms. The molecule has 0 radical (unpaired) electrons. The number of anilines is 1.